The van der Waals surface area contributed by atoms with E-state index in [1.807, 2.05) is 6.07 Å². The first-order valence-electron chi connectivity index (χ1n) is 6.46. The van der Waals surface area contributed by atoms with E-state index in [1.54, 1.807) is 6.07 Å². The minimum atomic E-state index is -0.718. The van der Waals surface area contributed by atoms with Crippen molar-refractivity contribution < 1.29 is 9.50 Å². The summed E-state index contributed by atoms with van der Waals surface area (Å²) in [6.45, 7) is 2.97. The summed E-state index contributed by atoms with van der Waals surface area (Å²) in [6.07, 6.45) is 2.25. The summed E-state index contributed by atoms with van der Waals surface area (Å²) in [7, 11) is 0. The summed E-state index contributed by atoms with van der Waals surface area (Å²) < 4.78 is 13.4. The SMILES string of the molecule is OC1(Cc2cccc(F)c2Cl)CCN2CCC1C2. The molecule has 0 spiro atoms. The van der Waals surface area contributed by atoms with Crippen molar-refractivity contribution in [1.82, 2.24) is 4.90 Å². The van der Waals surface area contributed by atoms with Gasteiger partial charge in [-0.3, -0.25) is 0 Å². The third-order valence-corrected chi connectivity index (χ3v) is 4.84. The number of rotatable bonds is 2. The monoisotopic (exact) mass is 269 g/mol. The predicted molar refractivity (Wildman–Crippen MR) is 69.2 cm³/mol. The van der Waals surface area contributed by atoms with Crippen LogP contribution in [-0.4, -0.2) is 35.2 Å². The van der Waals surface area contributed by atoms with Gasteiger partial charge in [-0.1, -0.05) is 23.7 Å². The Morgan fingerprint density at radius 1 is 1.44 bits per heavy atom. The molecule has 2 aliphatic rings. The quantitative estimate of drug-likeness (QED) is 0.892. The van der Waals surface area contributed by atoms with Crippen LogP contribution in [0.2, 0.25) is 5.02 Å². The first kappa shape index (κ1) is 12.4. The minimum Gasteiger partial charge on any atom is -0.389 e. The topological polar surface area (TPSA) is 23.5 Å². The molecule has 0 saturated carbocycles. The first-order valence-corrected chi connectivity index (χ1v) is 6.84. The zero-order chi connectivity index (χ0) is 12.8. The van der Waals surface area contributed by atoms with Gasteiger partial charge in [0.2, 0.25) is 0 Å². The maximum absolute atomic E-state index is 13.4. The molecule has 2 saturated heterocycles. The fraction of sp³-hybridized carbons (Fsp3) is 0.571. The van der Waals surface area contributed by atoms with Crippen LogP contribution in [0.4, 0.5) is 4.39 Å². The van der Waals surface area contributed by atoms with Gasteiger partial charge in [0.15, 0.2) is 0 Å². The molecule has 2 heterocycles. The molecule has 0 amide bonds. The van der Waals surface area contributed by atoms with E-state index >= 15 is 0 Å². The molecule has 2 nitrogen and oxygen atoms in total. The molecular formula is C14H17ClFNO. The number of aliphatic hydroxyl groups is 1. The first-order chi connectivity index (χ1) is 8.58. The molecule has 1 aromatic carbocycles. The van der Waals surface area contributed by atoms with Crippen LogP contribution in [0.15, 0.2) is 18.2 Å². The second-order valence-electron chi connectivity index (χ2n) is 5.53. The molecule has 1 N–H and O–H groups in total. The van der Waals surface area contributed by atoms with Crippen LogP contribution in [0.5, 0.6) is 0 Å². The van der Waals surface area contributed by atoms with Crippen LogP contribution in [-0.2, 0) is 6.42 Å². The van der Waals surface area contributed by atoms with Gasteiger partial charge in [-0.05, 0) is 31.0 Å². The van der Waals surface area contributed by atoms with Crippen molar-refractivity contribution in [3.8, 4) is 0 Å². The fourth-order valence-electron chi connectivity index (χ4n) is 3.28. The standard InChI is InChI=1S/C14H17ClFNO/c15-13-10(2-1-3-12(13)16)8-14(18)5-7-17-6-4-11(14)9-17/h1-3,11,18H,4-9H2. The average Bonchev–Trinajstić information content (AvgIpc) is 2.77. The fourth-order valence-corrected chi connectivity index (χ4v) is 3.47. The Hall–Kier alpha value is -0.640. The highest BCUT2D eigenvalue weighted by atomic mass is 35.5. The third-order valence-electron chi connectivity index (χ3n) is 4.42. The van der Waals surface area contributed by atoms with E-state index in [9.17, 15) is 9.50 Å². The van der Waals surface area contributed by atoms with Crippen LogP contribution in [0.3, 0.4) is 0 Å². The lowest BCUT2D eigenvalue weighted by Crippen LogP contribution is -2.47. The molecule has 0 aliphatic carbocycles. The van der Waals surface area contributed by atoms with Gasteiger partial charge < -0.3 is 10.0 Å². The maximum atomic E-state index is 13.4. The van der Waals surface area contributed by atoms with Gasteiger partial charge in [0, 0.05) is 25.4 Å². The van der Waals surface area contributed by atoms with E-state index in [0.717, 1.165) is 38.0 Å². The Morgan fingerprint density at radius 3 is 3.11 bits per heavy atom. The van der Waals surface area contributed by atoms with Gasteiger partial charge in [0.05, 0.1) is 10.6 Å². The zero-order valence-electron chi connectivity index (χ0n) is 10.2. The average molecular weight is 270 g/mol. The van der Waals surface area contributed by atoms with Crippen LogP contribution in [0, 0.1) is 11.7 Å². The van der Waals surface area contributed by atoms with E-state index < -0.39 is 11.4 Å². The molecule has 3 atom stereocenters. The molecule has 98 valence electrons. The molecule has 2 bridgehead atoms. The molecule has 18 heavy (non-hydrogen) atoms. The van der Waals surface area contributed by atoms with Crippen LogP contribution < -0.4 is 0 Å². The smallest absolute Gasteiger partial charge is 0.142 e. The summed E-state index contributed by atoms with van der Waals surface area (Å²) >= 11 is 5.98. The largest absolute Gasteiger partial charge is 0.389 e. The molecule has 2 fully saturated rings. The number of hydrogen-bond acceptors (Lipinski definition) is 2. The molecule has 0 aromatic heterocycles. The van der Waals surface area contributed by atoms with Crippen LogP contribution in [0.1, 0.15) is 18.4 Å². The van der Waals surface area contributed by atoms with Gasteiger partial charge in [-0.25, -0.2) is 4.39 Å². The minimum absolute atomic E-state index is 0.159. The maximum Gasteiger partial charge on any atom is 0.142 e. The lowest BCUT2D eigenvalue weighted by molar-refractivity contribution is -0.0439. The molecule has 3 rings (SSSR count). The number of hydrogen-bond donors (Lipinski definition) is 1. The van der Waals surface area contributed by atoms with Crippen LogP contribution >= 0.6 is 11.6 Å². The molecule has 3 unspecified atom stereocenters. The normalized spacial score (nSPS) is 34.8. The van der Waals surface area contributed by atoms with Gasteiger partial charge in [0.1, 0.15) is 5.82 Å². The summed E-state index contributed by atoms with van der Waals surface area (Å²) in [5.74, 6) is -0.104. The molecule has 2 aliphatic heterocycles. The highest BCUT2D eigenvalue weighted by Crippen LogP contribution is 2.39. The van der Waals surface area contributed by atoms with Gasteiger partial charge in [-0.15, -0.1) is 0 Å². The predicted octanol–water partition coefficient (Wildman–Crippen LogP) is 2.48. The third kappa shape index (κ3) is 2.04. The van der Waals surface area contributed by atoms with Gasteiger partial charge in [0.25, 0.3) is 0 Å². The van der Waals surface area contributed by atoms with Crippen molar-refractivity contribution in [2.75, 3.05) is 19.6 Å². The second-order valence-corrected chi connectivity index (χ2v) is 5.91. The Kier molecular flexibility index (Phi) is 3.08. The van der Waals surface area contributed by atoms with Crippen molar-refractivity contribution in [3.05, 3.63) is 34.6 Å². The van der Waals surface area contributed by atoms with Crippen molar-refractivity contribution in [2.45, 2.75) is 24.9 Å². The van der Waals surface area contributed by atoms with Gasteiger partial charge >= 0.3 is 0 Å². The number of nitrogens with zero attached hydrogens (tertiary/aromatic N) is 1. The van der Waals surface area contributed by atoms with E-state index in [-0.39, 0.29) is 5.02 Å². The Balaban J connectivity index is 1.85. The molecular weight excluding hydrogens is 253 g/mol. The highest BCUT2D eigenvalue weighted by Gasteiger charge is 2.44. The van der Waals surface area contributed by atoms with Crippen molar-refractivity contribution >= 4 is 11.6 Å². The van der Waals surface area contributed by atoms with Crippen molar-refractivity contribution in [3.63, 3.8) is 0 Å². The van der Waals surface area contributed by atoms with Crippen LogP contribution in [0.25, 0.3) is 0 Å². The van der Waals surface area contributed by atoms with E-state index in [1.165, 1.54) is 6.07 Å². The molecule has 4 heteroatoms. The number of fused-ring (bicyclic) bond motifs is 2. The zero-order valence-corrected chi connectivity index (χ0v) is 11.0. The summed E-state index contributed by atoms with van der Waals surface area (Å²) in [4.78, 5) is 2.38. The Labute approximate surface area is 111 Å². The number of halogens is 2. The summed E-state index contributed by atoms with van der Waals surface area (Å²) in [5.41, 5.74) is 0.00395. The van der Waals surface area contributed by atoms with Gasteiger partial charge in [-0.2, -0.15) is 0 Å². The van der Waals surface area contributed by atoms with E-state index in [4.69, 9.17) is 11.6 Å². The van der Waals surface area contributed by atoms with E-state index in [0.29, 0.717) is 12.3 Å². The number of benzene rings is 1. The molecule has 0 radical (unpaired) electrons. The highest BCUT2D eigenvalue weighted by molar-refractivity contribution is 6.31. The Morgan fingerprint density at radius 2 is 2.28 bits per heavy atom. The molecule has 1 aromatic rings. The van der Waals surface area contributed by atoms with E-state index in [2.05, 4.69) is 4.90 Å². The lowest BCUT2D eigenvalue weighted by Gasteiger charge is -2.39. The number of piperidine rings is 1. The second kappa shape index (κ2) is 4.48. The summed E-state index contributed by atoms with van der Waals surface area (Å²) in [6, 6.07) is 4.82. The van der Waals surface area contributed by atoms with Crippen molar-refractivity contribution in [2.24, 2.45) is 5.92 Å². The lowest BCUT2D eigenvalue weighted by atomic mass is 9.78. The Bertz CT molecular complexity index is 467. The summed E-state index contributed by atoms with van der Waals surface area (Å²) in [5, 5.41) is 11.0. The van der Waals surface area contributed by atoms with Crippen molar-refractivity contribution in [1.29, 1.82) is 0 Å².